The van der Waals surface area contributed by atoms with Crippen molar-refractivity contribution < 1.29 is 98.6 Å². The van der Waals surface area contributed by atoms with Crippen LogP contribution < -0.4 is 11.1 Å². The number of aliphatic hydroxyl groups excluding tert-OH is 9. The predicted octanol–water partition coefficient (Wildman–Crippen LogP) is -5.33. The Morgan fingerprint density at radius 1 is 0.873 bits per heavy atom. The normalized spacial score (nSPS) is 37.9. The molecule has 1 amide bonds. The smallest absolute Gasteiger partial charge is 0.364 e. The number of unbranched alkanes of at least 4 members (excludes halogenated alkanes) is 5. The molecule has 22 heteroatoms. The van der Waals surface area contributed by atoms with Gasteiger partial charge in [-0.05, 0) is 12.8 Å². The number of carbonyl (C=O) groups excluding carboxylic acids is 2. The Kier molecular flexibility index (Phi) is 18.9. The molecule has 0 aromatic carbocycles. The highest BCUT2D eigenvalue weighted by molar-refractivity contribution is 5.76. The molecule has 22 nitrogen and oxygen atoms in total. The molecule has 16 atom stereocenters. The third-order valence-corrected chi connectivity index (χ3v) is 9.81. The van der Waals surface area contributed by atoms with Crippen molar-refractivity contribution in [3.8, 4) is 0 Å². The summed E-state index contributed by atoms with van der Waals surface area (Å²) in [7, 11) is 1.34. The first-order valence-corrected chi connectivity index (χ1v) is 18.2. The molecule has 3 fully saturated rings. The third kappa shape index (κ3) is 12.1. The van der Waals surface area contributed by atoms with E-state index in [-0.39, 0.29) is 12.6 Å². The van der Waals surface area contributed by atoms with E-state index in [1.165, 1.54) is 7.11 Å². The molecule has 3 rings (SSSR count). The van der Waals surface area contributed by atoms with Gasteiger partial charge in [0.25, 0.3) is 5.79 Å². The van der Waals surface area contributed by atoms with Crippen LogP contribution in [-0.2, 0) is 47.5 Å². The van der Waals surface area contributed by atoms with E-state index in [0.29, 0.717) is 19.3 Å². The first-order chi connectivity index (χ1) is 26.0. The molecule has 0 spiro atoms. The van der Waals surface area contributed by atoms with Crippen LogP contribution in [0.3, 0.4) is 0 Å². The molecule has 3 aliphatic heterocycles. The van der Waals surface area contributed by atoms with E-state index in [1.54, 1.807) is 0 Å². The topological polar surface area (TPSA) is 356 Å². The fourth-order valence-corrected chi connectivity index (χ4v) is 6.72. The molecule has 13 N–H and O–H groups in total. The number of hydrogen-bond donors (Lipinski definition) is 12. The summed E-state index contributed by atoms with van der Waals surface area (Å²) >= 11 is 0. The van der Waals surface area contributed by atoms with Gasteiger partial charge in [0.2, 0.25) is 5.91 Å². The summed E-state index contributed by atoms with van der Waals surface area (Å²) in [5.74, 6) is -5.96. The SMILES string of the molecule is COC(=O)CCCCCCCCO[C@@H]1O[C@H](CO)[C@@H](O)[C@H](O[C@@H]2O[C@H](CO)[C@H](O)[C@H](O[C@]3(C(=O)O)C[C@H](O)[C@@H](NC(C)=O)[C@H]([C@H](O)[C@H](O)CO)O3)[C@H]2O)[C@H]1N. The number of rotatable bonds is 21. The van der Waals surface area contributed by atoms with Crippen LogP contribution in [0.5, 0.6) is 0 Å². The van der Waals surface area contributed by atoms with E-state index >= 15 is 0 Å². The van der Waals surface area contributed by atoms with Crippen molar-refractivity contribution in [3.63, 3.8) is 0 Å². The summed E-state index contributed by atoms with van der Waals surface area (Å²) in [6.45, 7) is -1.48. The minimum atomic E-state index is -3.01. The number of nitrogens with two attached hydrogens (primary N) is 1. The Labute approximate surface area is 317 Å². The number of ether oxygens (including phenoxy) is 7. The zero-order chi connectivity index (χ0) is 41.0. The minimum Gasteiger partial charge on any atom is -0.477 e. The lowest BCUT2D eigenvalue weighted by Gasteiger charge is -2.50. The lowest BCUT2D eigenvalue weighted by molar-refractivity contribution is -0.380. The summed E-state index contributed by atoms with van der Waals surface area (Å²) in [6, 6.07) is -2.81. The van der Waals surface area contributed by atoms with Gasteiger partial charge in [0.1, 0.15) is 61.0 Å². The van der Waals surface area contributed by atoms with Crippen LogP contribution in [0.4, 0.5) is 0 Å². The summed E-state index contributed by atoms with van der Waals surface area (Å²) in [5.41, 5.74) is 6.37. The average molecular weight is 803 g/mol. The summed E-state index contributed by atoms with van der Waals surface area (Å²) in [4.78, 5) is 35.9. The molecule has 3 heterocycles. The molecule has 0 aromatic heterocycles. The number of hydrogen-bond acceptors (Lipinski definition) is 20. The molecule has 320 valence electrons. The van der Waals surface area contributed by atoms with Crippen LogP contribution in [0.25, 0.3) is 0 Å². The molecule has 3 saturated heterocycles. The highest BCUT2D eigenvalue weighted by Gasteiger charge is 2.60. The van der Waals surface area contributed by atoms with E-state index in [2.05, 4.69) is 10.1 Å². The van der Waals surface area contributed by atoms with Gasteiger partial charge >= 0.3 is 11.9 Å². The fourth-order valence-electron chi connectivity index (χ4n) is 6.72. The number of carboxylic acids is 1. The van der Waals surface area contributed by atoms with Crippen LogP contribution in [0.1, 0.15) is 58.3 Å². The highest BCUT2D eigenvalue weighted by atomic mass is 16.8. The van der Waals surface area contributed by atoms with Crippen molar-refractivity contribution >= 4 is 17.8 Å². The second kappa shape index (κ2) is 22.1. The number of esters is 1. The van der Waals surface area contributed by atoms with Crippen molar-refractivity contribution in [1.82, 2.24) is 5.32 Å². The van der Waals surface area contributed by atoms with Gasteiger partial charge in [0.05, 0.1) is 45.1 Å². The second-order valence-electron chi connectivity index (χ2n) is 13.9. The third-order valence-electron chi connectivity index (χ3n) is 9.81. The number of aliphatic hydroxyl groups is 9. The Hall–Kier alpha value is -2.23. The molecule has 0 aromatic rings. The average Bonchev–Trinajstić information content (AvgIpc) is 3.15. The van der Waals surface area contributed by atoms with Crippen molar-refractivity contribution in [3.05, 3.63) is 0 Å². The predicted molar refractivity (Wildman–Crippen MR) is 180 cm³/mol. The molecular formula is C33H58N2O20. The van der Waals surface area contributed by atoms with Gasteiger partial charge in [-0.1, -0.05) is 25.7 Å². The fraction of sp³-hybridized carbons (Fsp3) is 0.909. The Bertz CT molecular complexity index is 1200. The van der Waals surface area contributed by atoms with Crippen LogP contribution >= 0.6 is 0 Å². The number of nitrogens with one attached hydrogen (secondary N) is 1. The van der Waals surface area contributed by atoms with E-state index in [1.807, 2.05) is 0 Å². The van der Waals surface area contributed by atoms with Crippen molar-refractivity contribution in [1.29, 1.82) is 0 Å². The maximum atomic E-state index is 12.8. The summed E-state index contributed by atoms with van der Waals surface area (Å²) in [6.07, 6.45) is -19.2. The largest absolute Gasteiger partial charge is 0.477 e. The lowest BCUT2D eigenvalue weighted by Crippen LogP contribution is -2.71. The zero-order valence-corrected chi connectivity index (χ0v) is 30.8. The molecule has 0 radical (unpaired) electrons. The number of methoxy groups -OCH3 is 1. The van der Waals surface area contributed by atoms with Gasteiger partial charge in [0, 0.05) is 26.4 Å². The maximum Gasteiger partial charge on any atom is 0.364 e. The second-order valence-corrected chi connectivity index (χ2v) is 13.9. The van der Waals surface area contributed by atoms with Gasteiger partial charge in [-0.2, -0.15) is 0 Å². The minimum absolute atomic E-state index is 0.162. The Morgan fingerprint density at radius 2 is 1.45 bits per heavy atom. The Morgan fingerprint density at radius 3 is 2.02 bits per heavy atom. The van der Waals surface area contributed by atoms with E-state index in [9.17, 15) is 65.4 Å². The van der Waals surface area contributed by atoms with Gasteiger partial charge in [-0.15, -0.1) is 0 Å². The van der Waals surface area contributed by atoms with Crippen LogP contribution in [0.15, 0.2) is 0 Å². The number of carbonyl (C=O) groups is 3. The van der Waals surface area contributed by atoms with Gasteiger partial charge in [0.15, 0.2) is 12.6 Å². The van der Waals surface area contributed by atoms with Crippen molar-refractivity contribution in [2.75, 3.05) is 33.5 Å². The number of amides is 1. The standard InChI is InChI=1S/C33H58N2O20/c1-15(39)35-22-16(40)11-33(32(47)48,54-28(22)23(43)17(41)12-36)55-29-25(45)19(14-38)52-31(26(29)46)53-27-21(34)30(51-18(13-37)24(27)44)50-10-8-6-4-3-5-7-9-20(42)49-2/h16-19,21-31,36-38,40-41,43-46H,3-14,34H2,1-2H3,(H,35,39)(H,47,48)/t16-,17+,18+,19+,21+,22+,23+,24+,25-,26+,27+,28+,29-,30+,31-,33-/m0/s1. The molecule has 3 aliphatic rings. The highest BCUT2D eigenvalue weighted by Crippen LogP contribution is 2.38. The van der Waals surface area contributed by atoms with E-state index in [0.717, 1.165) is 32.6 Å². The van der Waals surface area contributed by atoms with Crippen molar-refractivity contribution in [2.24, 2.45) is 5.73 Å². The lowest BCUT2D eigenvalue weighted by atomic mass is 9.88. The number of carboxylic acid groups (broad SMARTS) is 1. The summed E-state index contributed by atoms with van der Waals surface area (Å²) < 4.78 is 38.8. The van der Waals surface area contributed by atoms with Gasteiger partial charge in [-0.25, -0.2) is 4.79 Å². The van der Waals surface area contributed by atoms with Crippen molar-refractivity contribution in [2.45, 2.75) is 156 Å². The molecule has 0 aliphatic carbocycles. The van der Waals surface area contributed by atoms with Crippen LogP contribution in [0, 0.1) is 0 Å². The Balaban J connectivity index is 1.76. The van der Waals surface area contributed by atoms with Gasteiger partial charge in [-0.3, -0.25) is 9.59 Å². The molecular weight excluding hydrogens is 744 g/mol. The first kappa shape index (κ1) is 47.1. The molecule has 0 unspecified atom stereocenters. The summed E-state index contributed by atoms with van der Waals surface area (Å²) in [5, 5.41) is 107. The van der Waals surface area contributed by atoms with E-state index < -0.39 is 136 Å². The quantitative estimate of drug-likeness (QED) is 0.0381. The molecule has 0 bridgehead atoms. The van der Waals surface area contributed by atoms with Gasteiger partial charge < -0.3 is 95.3 Å². The first-order valence-electron chi connectivity index (χ1n) is 18.2. The monoisotopic (exact) mass is 802 g/mol. The number of aliphatic carboxylic acids is 1. The zero-order valence-electron chi connectivity index (χ0n) is 30.8. The molecule has 0 saturated carbocycles. The van der Waals surface area contributed by atoms with Crippen LogP contribution in [-0.4, -0.2) is 200 Å². The molecule has 55 heavy (non-hydrogen) atoms. The van der Waals surface area contributed by atoms with E-state index in [4.69, 9.17) is 34.2 Å². The van der Waals surface area contributed by atoms with Crippen LogP contribution in [0.2, 0.25) is 0 Å². The maximum absolute atomic E-state index is 12.8.